The predicted octanol–water partition coefficient (Wildman–Crippen LogP) is 15.7. The molecular weight excluding hydrogens is 957 g/mol. The van der Waals surface area contributed by atoms with Gasteiger partial charge in [-0.2, -0.15) is 8.42 Å². The van der Waals surface area contributed by atoms with Gasteiger partial charge < -0.3 is 34.3 Å². The Hall–Kier alpha value is -1.68. The third-order valence-electron chi connectivity index (χ3n) is 14.2. The summed E-state index contributed by atoms with van der Waals surface area (Å²) in [4.78, 5) is 13.0. The van der Waals surface area contributed by atoms with Crippen molar-refractivity contribution in [2.45, 2.75) is 320 Å². The number of allylic oxidation sites excluding steroid dienone is 6. The minimum Gasteiger partial charge on any atom is -0.457 e. The van der Waals surface area contributed by atoms with E-state index < -0.39 is 59.8 Å². The first-order valence-electron chi connectivity index (χ1n) is 30.7. The average molecular weight is 1070 g/mol. The number of carbonyl (C=O) groups excluding carboxylic acids is 1. The van der Waals surface area contributed by atoms with E-state index in [2.05, 4.69) is 54.5 Å². The quantitative estimate of drug-likeness (QED) is 0.0196. The van der Waals surface area contributed by atoms with E-state index in [0.29, 0.717) is 13.0 Å². The fourth-order valence-corrected chi connectivity index (χ4v) is 10.1. The molecule has 0 aromatic rings. The number of rotatable bonds is 55. The average Bonchev–Trinajstić information content (AvgIpc) is 3.38. The van der Waals surface area contributed by atoms with Gasteiger partial charge in [0.1, 0.15) is 30.5 Å². The van der Waals surface area contributed by atoms with Crippen molar-refractivity contribution < 1.29 is 56.2 Å². The number of aliphatic hydroxyl groups excluding tert-OH is 3. The van der Waals surface area contributed by atoms with Crippen LogP contribution in [-0.4, -0.2) is 97.5 Å². The smallest absolute Gasteiger partial charge is 0.397 e. The van der Waals surface area contributed by atoms with Crippen LogP contribution in [0.3, 0.4) is 0 Å². The highest BCUT2D eigenvalue weighted by molar-refractivity contribution is 7.80. The summed E-state index contributed by atoms with van der Waals surface area (Å²) in [6.07, 6.45) is 56.1. The molecule has 0 spiro atoms. The molecule has 4 N–H and O–H groups in total. The molecule has 74 heavy (non-hydrogen) atoms. The van der Waals surface area contributed by atoms with Crippen LogP contribution in [0.1, 0.15) is 284 Å². The van der Waals surface area contributed by atoms with Crippen LogP contribution in [0.4, 0.5) is 0 Å². The monoisotopic (exact) mass is 1070 g/mol. The van der Waals surface area contributed by atoms with Gasteiger partial charge in [0.25, 0.3) is 0 Å². The summed E-state index contributed by atoms with van der Waals surface area (Å²) in [5.41, 5.74) is 0. The Labute approximate surface area is 454 Å². The Morgan fingerprint density at radius 2 is 0.892 bits per heavy atom. The van der Waals surface area contributed by atoms with Gasteiger partial charge in [0.05, 0.1) is 19.8 Å². The van der Waals surface area contributed by atoms with E-state index in [1.807, 2.05) is 0 Å². The topological polar surface area (TPSA) is 178 Å². The number of unbranched alkanes of at least 4 members (excludes halogenated alkanes) is 36. The molecule has 0 bridgehead atoms. The third kappa shape index (κ3) is 44.3. The standard InChI is InChI=1S/C61H114O12S/c1-3-5-7-9-11-13-15-17-19-21-23-25-26-27-28-29-31-33-35-37-39-41-43-45-47-49-51-69-53-55(54-70-61-59(65)60(73-74(66,67)68)58(64)56(52-62)72-61)71-57(63)50-48-46-44-42-40-38-36-34-32-30-24-22-20-18-16-14-12-10-8-6-4-2/h15,17,21-24,55-56,58-62,64-65H,3-14,16,18-20,25-54H2,1-2H3,(H,66,67,68)/b17-15-,23-21-,24-22-. The first-order chi connectivity index (χ1) is 36.1. The van der Waals surface area contributed by atoms with Crippen molar-refractivity contribution in [1.82, 2.24) is 0 Å². The van der Waals surface area contributed by atoms with Crippen LogP contribution < -0.4 is 0 Å². The molecule has 1 aliphatic heterocycles. The largest absolute Gasteiger partial charge is 0.457 e. The minimum atomic E-state index is -5.07. The predicted molar refractivity (Wildman–Crippen MR) is 304 cm³/mol. The molecular formula is C61H114O12S. The number of esters is 1. The van der Waals surface area contributed by atoms with Gasteiger partial charge in [-0.1, -0.05) is 243 Å². The maximum Gasteiger partial charge on any atom is 0.397 e. The number of ether oxygens (including phenoxy) is 4. The van der Waals surface area contributed by atoms with E-state index in [0.717, 1.165) is 44.9 Å². The molecule has 0 aliphatic carbocycles. The van der Waals surface area contributed by atoms with E-state index in [1.165, 1.54) is 212 Å². The summed E-state index contributed by atoms with van der Waals surface area (Å²) in [5, 5.41) is 30.9. The molecule has 6 unspecified atom stereocenters. The normalized spacial score (nSPS) is 18.9. The highest BCUT2D eigenvalue weighted by Crippen LogP contribution is 2.26. The molecule has 0 aromatic carbocycles. The van der Waals surface area contributed by atoms with Crippen LogP contribution in [0.15, 0.2) is 36.5 Å². The van der Waals surface area contributed by atoms with Crippen molar-refractivity contribution in [3.63, 3.8) is 0 Å². The molecule has 1 saturated heterocycles. The third-order valence-corrected chi connectivity index (χ3v) is 14.7. The minimum absolute atomic E-state index is 0.0376. The van der Waals surface area contributed by atoms with Crippen molar-refractivity contribution in [2.24, 2.45) is 0 Å². The van der Waals surface area contributed by atoms with E-state index in [4.69, 9.17) is 18.9 Å². The lowest BCUT2D eigenvalue weighted by Gasteiger charge is -2.41. The summed E-state index contributed by atoms with van der Waals surface area (Å²) in [5.74, 6) is -0.396. The van der Waals surface area contributed by atoms with Crippen LogP contribution in [0.5, 0.6) is 0 Å². The fraction of sp³-hybridized carbons (Fsp3) is 0.885. The molecule has 12 nitrogen and oxygen atoms in total. The van der Waals surface area contributed by atoms with Crippen LogP contribution >= 0.6 is 0 Å². The van der Waals surface area contributed by atoms with Crippen molar-refractivity contribution in [3.8, 4) is 0 Å². The molecule has 0 amide bonds. The Bertz CT molecular complexity index is 1420. The maximum absolute atomic E-state index is 13.0. The molecule has 0 aromatic heterocycles. The number of hydrogen-bond donors (Lipinski definition) is 4. The molecule has 6 atom stereocenters. The van der Waals surface area contributed by atoms with Crippen LogP contribution in [0, 0.1) is 0 Å². The SMILES string of the molecule is CCCCCCC/C=C\C/C=C\CCCCCCCCCCCCCCCCOCC(COC1OC(CO)C(O)C(OS(=O)(=O)O)C1O)OC(=O)CCCCCCCCCCC/C=C\CCCCCCCCCC. The Balaban J connectivity index is 2.26. The van der Waals surface area contributed by atoms with Crippen molar-refractivity contribution in [3.05, 3.63) is 36.5 Å². The summed E-state index contributed by atoms with van der Waals surface area (Å²) in [6, 6.07) is 0. The molecule has 0 radical (unpaired) electrons. The number of hydrogen-bond acceptors (Lipinski definition) is 11. The second-order valence-electron chi connectivity index (χ2n) is 21.3. The second-order valence-corrected chi connectivity index (χ2v) is 22.3. The lowest BCUT2D eigenvalue weighted by atomic mass is 9.99. The first-order valence-corrected chi connectivity index (χ1v) is 32.1. The van der Waals surface area contributed by atoms with Crippen LogP contribution in [0.2, 0.25) is 0 Å². The van der Waals surface area contributed by atoms with Gasteiger partial charge in [-0.3, -0.25) is 9.35 Å². The van der Waals surface area contributed by atoms with Gasteiger partial charge in [0.15, 0.2) is 6.29 Å². The Kier molecular flexibility index (Phi) is 49.5. The molecule has 0 saturated carbocycles. The van der Waals surface area contributed by atoms with Gasteiger partial charge in [0.2, 0.25) is 0 Å². The van der Waals surface area contributed by atoms with Crippen molar-refractivity contribution in [2.75, 3.05) is 26.4 Å². The number of carbonyl (C=O) groups is 1. The molecule has 1 fully saturated rings. The summed E-state index contributed by atoms with van der Waals surface area (Å²) in [7, 11) is -5.07. The molecule has 436 valence electrons. The van der Waals surface area contributed by atoms with Gasteiger partial charge in [0, 0.05) is 13.0 Å². The van der Waals surface area contributed by atoms with Crippen LogP contribution in [-0.2, 0) is 38.3 Å². The Morgan fingerprint density at radius 3 is 1.30 bits per heavy atom. The molecule has 1 rings (SSSR count). The van der Waals surface area contributed by atoms with Gasteiger partial charge in [-0.15, -0.1) is 0 Å². The van der Waals surface area contributed by atoms with Gasteiger partial charge >= 0.3 is 16.4 Å². The molecule has 1 aliphatic rings. The van der Waals surface area contributed by atoms with Gasteiger partial charge in [-0.25, -0.2) is 4.18 Å². The van der Waals surface area contributed by atoms with E-state index in [-0.39, 0.29) is 19.6 Å². The van der Waals surface area contributed by atoms with Crippen molar-refractivity contribution >= 4 is 16.4 Å². The Morgan fingerprint density at radius 1 is 0.514 bits per heavy atom. The van der Waals surface area contributed by atoms with Crippen molar-refractivity contribution in [1.29, 1.82) is 0 Å². The first kappa shape index (κ1) is 70.3. The van der Waals surface area contributed by atoms with Crippen LogP contribution in [0.25, 0.3) is 0 Å². The highest BCUT2D eigenvalue weighted by atomic mass is 32.3. The highest BCUT2D eigenvalue weighted by Gasteiger charge is 2.48. The lowest BCUT2D eigenvalue weighted by molar-refractivity contribution is -0.301. The summed E-state index contributed by atoms with van der Waals surface area (Å²) in [6.45, 7) is 4.03. The molecule has 13 heteroatoms. The van der Waals surface area contributed by atoms with E-state index in [1.54, 1.807) is 0 Å². The van der Waals surface area contributed by atoms with Gasteiger partial charge in [-0.05, 0) is 70.6 Å². The maximum atomic E-state index is 13.0. The fourth-order valence-electron chi connectivity index (χ4n) is 9.58. The zero-order valence-corrected chi connectivity index (χ0v) is 48.2. The van der Waals surface area contributed by atoms with E-state index in [9.17, 15) is 33.1 Å². The second kappa shape index (κ2) is 52.0. The summed E-state index contributed by atoms with van der Waals surface area (Å²) < 4.78 is 59.5. The summed E-state index contributed by atoms with van der Waals surface area (Å²) >= 11 is 0. The van der Waals surface area contributed by atoms with E-state index >= 15 is 0 Å². The zero-order chi connectivity index (χ0) is 53.8. The zero-order valence-electron chi connectivity index (χ0n) is 47.4. The molecule has 1 heterocycles. The number of aliphatic hydroxyl groups is 3. The lowest BCUT2D eigenvalue weighted by Crippen LogP contribution is -2.60.